The highest BCUT2D eigenvalue weighted by atomic mass is 16.5. The summed E-state index contributed by atoms with van der Waals surface area (Å²) in [6.07, 6.45) is 5.68. The van der Waals surface area contributed by atoms with Crippen LogP contribution in [-0.2, 0) is 4.74 Å². The van der Waals surface area contributed by atoms with Crippen LogP contribution in [0.15, 0.2) is 24.3 Å². The van der Waals surface area contributed by atoms with Gasteiger partial charge in [-0.15, -0.1) is 0 Å². The molecule has 0 bridgehead atoms. The Kier molecular flexibility index (Phi) is 5.79. The molecule has 4 heterocycles. The predicted octanol–water partition coefficient (Wildman–Crippen LogP) is 3.56. The molecule has 6 heteroatoms. The number of aromatic nitrogens is 2. The lowest BCUT2D eigenvalue weighted by molar-refractivity contribution is -0.0720. The van der Waals surface area contributed by atoms with Crippen molar-refractivity contribution in [3.05, 3.63) is 24.3 Å². The van der Waals surface area contributed by atoms with Crippen LogP contribution < -0.4 is 9.80 Å². The van der Waals surface area contributed by atoms with Crippen molar-refractivity contribution in [1.82, 2.24) is 14.9 Å². The topological polar surface area (TPSA) is 44.7 Å². The van der Waals surface area contributed by atoms with Crippen molar-refractivity contribution in [2.24, 2.45) is 5.92 Å². The van der Waals surface area contributed by atoms with Gasteiger partial charge in [0.25, 0.3) is 0 Å². The number of nitrogens with zero attached hydrogens (tertiary/aromatic N) is 5. The third-order valence-corrected chi connectivity index (χ3v) is 6.87. The second-order valence-corrected chi connectivity index (χ2v) is 9.46. The van der Waals surface area contributed by atoms with Gasteiger partial charge in [-0.3, -0.25) is 4.90 Å². The first-order chi connectivity index (χ1) is 14.7. The van der Waals surface area contributed by atoms with Crippen molar-refractivity contribution in [3.63, 3.8) is 0 Å². The first-order valence-corrected chi connectivity index (χ1v) is 11.8. The van der Waals surface area contributed by atoms with E-state index in [1.165, 1.54) is 32.2 Å². The van der Waals surface area contributed by atoms with Crippen LogP contribution >= 0.6 is 0 Å². The van der Waals surface area contributed by atoms with Crippen molar-refractivity contribution in [2.45, 2.75) is 51.7 Å². The highest BCUT2D eigenvalue weighted by Gasteiger charge is 2.29. The molecule has 2 atom stereocenters. The Morgan fingerprint density at radius 2 is 1.37 bits per heavy atom. The van der Waals surface area contributed by atoms with E-state index in [-0.39, 0.29) is 0 Å². The molecule has 0 saturated carbocycles. The van der Waals surface area contributed by atoms with E-state index in [1.54, 1.807) is 0 Å². The quantitative estimate of drug-likeness (QED) is 0.769. The van der Waals surface area contributed by atoms with Gasteiger partial charge < -0.3 is 14.5 Å². The summed E-state index contributed by atoms with van der Waals surface area (Å²) in [5, 5.41) is 0. The predicted molar refractivity (Wildman–Crippen MR) is 122 cm³/mol. The zero-order chi connectivity index (χ0) is 20.5. The van der Waals surface area contributed by atoms with E-state index in [4.69, 9.17) is 14.7 Å². The summed E-state index contributed by atoms with van der Waals surface area (Å²) in [6, 6.07) is 8.30. The Balaban J connectivity index is 1.30. The van der Waals surface area contributed by atoms with Crippen LogP contribution in [0, 0.1) is 5.92 Å². The number of anilines is 2. The molecule has 3 saturated heterocycles. The maximum Gasteiger partial charge on any atom is 0.172 e. The molecule has 3 fully saturated rings. The molecule has 1 aromatic carbocycles. The monoisotopic (exact) mass is 409 g/mol. The first-order valence-electron chi connectivity index (χ1n) is 11.8. The summed E-state index contributed by atoms with van der Waals surface area (Å²) < 4.78 is 5.91. The molecule has 0 radical (unpaired) electrons. The lowest BCUT2D eigenvalue weighted by Crippen LogP contribution is -2.48. The number of hydrogen-bond donors (Lipinski definition) is 0. The van der Waals surface area contributed by atoms with Crippen LogP contribution in [0.3, 0.4) is 0 Å². The smallest absolute Gasteiger partial charge is 0.172 e. The summed E-state index contributed by atoms with van der Waals surface area (Å²) in [6.45, 7) is 12.1. The van der Waals surface area contributed by atoms with E-state index in [0.717, 1.165) is 67.9 Å². The molecular weight excluding hydrogens is 374 g/mol. The molecule has 0 aliphatic carbocycles. The molecule has 3 aliphatic heterocycles. The first kappa shape index (κ1) is 20.0. The Morgan fingerprint density at radius 1 is 0.833 bits per heavy atom. The van der Waals surface area contributed by atoms with Gasteiger partial charge in [0.2, 0.25) is 0 Å². The Labute approximate surface area is 180 Å². The van der Waals surface area contributed by atoms with Gasteiger partial charge in [-0.2, -0.15) is 0 Å². The molecule has 30 heavy (non-hydrogen) atoms. The number of ether oxygens (including phenoxy) is 1. The molecule has 2 unspecified atom stereocenters. The highest BCUT2D eigenvalue weighted by Crippen LogP contribution is 2.33. The van der Waals surface area contributed by atoms with E-state index in [1.807, 2.05) is 0 Å². The molecule has 1 aromatic heterocycles. The van der Waals surface area contributed by atoms with Crippen LogP contribution in [0.1, 0.15) is 39.5 Å². The van der Waals surface area contributed by atoms with Crippen LogP contribution in [0.25, 0.3) is 11.0 Å². The normalized spacial score (nSPS) is 26.6. The fourth-order valence-corrected chi connectivity index (χ4v) is 5.46. The summed E-state index contributed by atoms with van der Waals surface area (Å²) in [4.78, 5) is 17.7. The van der Waals surface area contributed by atoms with E-state index >= 15 is 0 Å². The SMILES string of the molecule is CC1CN(CC2CCN(c3nc4ccccc4nc3N3CCCC3)CC2)CC(C)O1. The maximum absolute atomic E-state index is 5.91. The van der Waals surface area contributed by atoms with Crippen molar-refractivity contribution in [1.29, 1.82) is 0 Å². The van der Waals surface area contributed by atoms with Gasteiger partial charge in [0.1, 0.15) is 0 Å². The molecule has 6 nitrogen and oxygen atoms in total. The van der Waals surface area contributed by atoms with E-state index in [2.05, 4.69) is 52.8 Å². The maximum atomic E-state index is 5.91. The number of para-hydroxylation sites is 2. The Morgan fingerprint density at radius 3 is 1.93 bits per heavy atom. The second-order valence-electron chi connectivity index (χ2n) is 9.46. The summed E-state index contributed by atoms with van der Waals surface area (Å²) in [5.74, 6) is 2.96. The number of hydrogen-bond acceptors (Lipinski definition) is 6. The Bertz CT molecular complexity index is 850. The largest absolute Gasteiger partial charge is 0.373 e. The van der Waals surface area contributed by atoms with Gasteiger partial charge in [-0.1, -0.05) is 12.1 Å². The molecule has 2 aromatic rings. The van der Waals surface area contributed by atoms with Crippen molar-refractivity contribution >= 4 is 22.7 Å². The summed E-state index contributed by atoms with van der Waals surface area (Å²) in [7, 11) is 0. The molecule has 0 amide bonds. The summed E-state index contributed by atoms with van der Waals surface area (Å²) >= 11 is 0. The zero-order valence-electron chi connectivity index (χ0n) is 18.5. The minimum absolute atomic E-state index is 0.352. The van der Waals surface area contributed by atoms with Crippen LogP contribution in [-0.4, -0.2) is 72.9 Å². The third kappa shape index (κ3) is 4.26. The minimum Gasteiger partial charge on any atom is -0.373 e. The second kappa shape index (κ2) is 8.67. The lowest BCUT2D eigenvalue weighted by atomic mass is 9.95. The van der Waals surface area contributed by atoms with Gasteiger partial charge in [0.05, 0.1) is 23.2 Å². The number of benzene rings is 1. The molecular formula is C24H35N5O. The third-order valence-electron chi connectivity index (χ3n) is 6.87. The van der Waals surface area contributed by atoms with E-state index in [0.29, 0.717) is 12.2 Å². The average molecular weight is 410 g/mol. The zero-order valence-corrected chi connectivity index (χ0v) is 18.5. The molecule has 0 spiro atoms. The molecule has 162 valence electrons. The van der Waals surface area contributed by atoms with Crippen molar-refractivity contribution in [2.75, 3.05) is 55.6 Å². The fraction of sp³-hybridized carbons (Fsp3) is 0.667. The summed E-state index contributed by atoms with van der Waals surface area (Å²) in [5.41, 5.74) is 2.02. The van der Waals surface area contributed by atoms with Gasteiger partial charge in [-0.25, -0.2) is 9.97 Å². The molecule has 3 aliphatic rings. The fourth-order valence-electron chi connectivity index (χ4n) is 5.46. The van der Waals surface area contributed by atoms with Gasteiger partial charge >= 0.3 is 0 Å². The van der Waals surface area contributed by atoms with Crippen molar-refractivity contribution in [3.8, 4) is 0 Å². The van der Waals surface area contributed by atoms with Crippen molar-refractivity contribution < 1.29 is 4.74 Å². The van der Waals surface area contributed by atoms with E-state index < -0.39 is 0 Å². The van der Waals surface area contributed by atoms with Crippen LogP contribution in [0.2, 0.25) is 0 Å². The number of morpholine rings is 1. The minimum atomic E-state index is 0.352. The van der Waals surface area contributed by atoms with Gasteiger partial charge in [0, 0.05) is 45.8 Å². The van der Waals surface area contributed by atoms with Crippen LogP contribution in [0.5, 0.6) is 0 Å². The van der Waals surface area contributed by atoms with E-state index in [9.17, 15) is 0 Å². The van der Waals surface area contributed by atoms with Gasteiger partial charge in [-0.05, 0) is 57.6 Å². The molecule has 0 N–H and O–H groups in total. The van der Waals surface area contributed by atoms with Gasteiger partial charge in [0.15, 0.2) is 11.6 Å². The number of rotatable bonds is 4. The standard InChI is InChI=1S/C24H35N5O/c1-18-15-27(16-19(2)30-18)17-20-9-13-29(14-10-20)24-23(28-11-5-6-12-28)25-21-7-3-4-8-22(21)26-24/h3-4,7-8,18-20H,5-6,9-17H2,1-2H3. The molecule has 5 rings (SSSR count). The highest BCUT2D eigenvalue weighted by molar-refractivity contribution is 5.81. The average Bonchev–Trinajstić information content (AvgIpc) is 3.27. The lowest BCUT2D eigenvalue weighted by Gasteiger charge is -2.40. The number of piperidine rings is 1. The number of fused-ring (bicyclic) bond motifs is 1. The Hall–Kier alpha value is -1.92. The van der Waals surface area contributed by atoms with Crippen LogP contribution in [0.4, 0.5) is 11.6 Å².